The second-order valence-electron chi connectivity index (χ2n) is 4.65. The Kier molecular flexibility index (Phi) is 3.00. The number of benzene rings is 2. The molecule has 2 aromatic carbocycles. The van der Waals surface area contributed by atoms with E-state index in [1.807, 2.05) is 30.3 Å². The van der Waals surface area contributed by atoms with Gasteiger partial charge in [0.05, 0.1) is 16.3 Å². The molecule has 1 aliphatic rings. The summed E-state index contributed by atoms with van der Waals surface area (Å²) in [6.07, 6.45) is 0.272. The Labute approximate surface area is 115 Å². The highest BCUT2D eigenvalue weighted by Crippen LogP contribution is 2.36. The van der Waals surface area contributed by atoms with Crippen LogP contribution in [0.4, 0.5) is 17.1 Å². The average molecular weight is 271 g/mol. The first-order chi connectivity index (χ1) is 9.65. The Morgan fingerprint density at radius 2 is 2.00 bits per heavy atom. The third-order valence-electron chi connectivity index (χ3n) is 3.33. The van der Waals surface area contributed by atoms with Crippen LogP contribution in [0, 0.1) is 10.1 Å². The zero-order valence-electron chi connectivity index (χ0n) is 10.6. The lowest BCUT2D eigenvalue weighted by Crippen LogP contribution is -2.34. The SMILES string of the molecule is O=[N+]([O-])c1ccc2c(c1)N(O)C(Cc1ccccc1)N2. The quantitative estimate of drug-likeness (QED) is 0.663. The lowest BCUT2D eigenvalue weighted by molar-refractivity contribution is -0.384. The molecule has 1 atom stereocenters. The van der Waals surface area contributed by atoms with E-state index in [0.717, 1.165) is 10.6 Å². The zero-order valence-corrected chi connectivity index (χ0v) is 10.6. The van der Waals surface area contributed by atoms with Crippen molar-refractivity contribution in [1.29, 1.82) is 0 Å². The van der Waals surface area contributed by atoms with Crippen LogP contribution in [0.1, 0.15) is 5.56 Å². The van der Waals surface area contributed by atoms with E-state index in [0.29, 0.717) is 17.8 Å². The molecule has 1 aliphatic heterocycles. The standard InChI is InChI=1S/C14H13N3O3/c18-16-13-9-11(17(19)20)6-7-12(13)15-14(16)8-10-4-2-1-3-5-10/h1-7,9,14-15,18H,8H2. The number of nitrogens with one attached hydrogen (secondary N) is 1. The van der Waals surface area contributed by atoms with Crippen molar-refractivity contribution >= 4 is 17.1 Å². The van der Waals surface area contributed by atoms with Crippen molar-refractivity contribution in [3.8, 4) is 0 Å². The van der Waals surface area contributed by atoms with Gasteiger partial charge < -0.3 is 5.32 Å². The third kappa shape index (κ3) is 2.17. The normalized spacial score (nSPS) is 16.6. The van der Waals surface area contributed by atoms with Gasteiger partial charge in [-0.2, -0.15) is 0 Å². The molecule has 1 heterocycles. The van der Waals surface area contributed by atoms with Gasteiger partial charge in [-0.25, -0.2) is 5.06 Å². The van der Waals surface area contributed by atoms with Gasteiger partial charge in [-0.05, 0) is 11.6 Å². The molecule has 20 heavy (non-hydrogen) atoms. The van der Waals surface area contributed by atoms with E-state index in [4.69, 9.17) is 0 Å². The molecule has 6 heteroatoms. The molecule has 0 aliphatic carbocycles. The number of fused-ring (bicyclic) bond motifs is 1. The van der Waals surface area contributed by atoms with Gasteiger partial charge in [0.2, 0.25) is 0 Å². The minimum atomic E-state index is -0.474. The van der Waals surface area contributed by atoms with Crippen molar-refractivity contribution in [3.63, 3.8) is 0 Å². The summed E-state index contributed by atoms with van der Waals surface area (Å²) in [5.41, 5.74) is 2.16. The Balaban J connectivity index is 1.83. The van der Waals surface area contributed by atoms with Crippen LogP contribution >= 0.6 is 0 Å². The Bertz CT molecular complexity index is 645. The highest BCUT2D eigenvalue weighted by atomic mass is 16.6. The van der Waals surface area contributed by atoms with Crippen molar-refractivity contribution < 1.29 is 10.1 Å². The molecule has 3 rings (SSSR count). The Hall–Kier alpha value is -2.60. The summed E-state index contributed by atoms with van der Waals surface area (Å²) in [4.78, 5) is 10.3. The van der Waals surface area contributed by atoms with Crippen LogP contribution in [0.25, 0.3) is 0 Å². The summed E-state index contributed by atoms with van der Waals surface area (Å²) in [5, 5.41) is 25.1. The van der Waals surface area contributed by atoms with Crippen LogP contribution in [0.5, 0.6) is 0 Å². The van der Waals surface area contributed by atoms with Gasteiger partial charge in [0.25, 0.3) is 5.69 Å². The fraction of sp³-hybridized carbons (Fsp3) is 0.143. The van der Waals surface area contributed by atoms with E-state index in [1.165, 1.54) is 12.1 Å². The van der Waals surface area contributed by atoms with E-state index in [9.17, 15) is 15.3 Å². The highest BCUT2D eigenvalue weighted by Gasteiger charge is 2.29. The molecule has 0 spiro atoms. The maximum absolute atomic E-state index is 10.8. The van der Waals surface area contributed by atoms with Crippen molar-refractivity contribution in [2.45, 2.75) is 12.6 Å². The second-order valence-corrected chi connectivity index (χ2v) is 4.65. The largest absolute Gasteiger partial charge is 0.361 e. The topological polar surface area (TPSA) is 78.6 Å². The summed E-state index contributed by atoms with van der Waals surface area (Å²) in [6, 6.07) is 14.1. The molecule has 0 amide bonds. The maximum Gasteiger partial charge on any atom is 0.271 e. The van der Waals surface area contributed by atoms with Crippen molar-refractivity contribution in [2.75, 3.05) is 10.4 Å². The molecule has 2 aromatic rings. The van der Waals surface area contributed by atoms with Gasteiger partial charge in [0.1, 0.15) is 6.17 Å². The molecular weight excluding hydrogens is 258 g/mol. The van der Waals surface area contributed by atoms with Crippen LogP contribution in [-0.4, -0.2) is 16.3 Å². The molecule has 0 aromatic heterocycles. The highest BCUT2D eigenvalue weighted by molar-refractivity contribution is 5.77. The summed E-state index contributed by atoms with van der Waals surface area (Å²) in [6.45, 7) is 0. The van der Waals surface area contributed by atoms with Crippen LogP contribution in [0.15, 0.2) is 48.5 Å². The number of non-ortho nitro benzene ring substituents is 1. The predicted molar refractivity (Wildman–Crippen MR) is 74.9 cm³/mol. The Morgan fingerprint density at radius 3 is 2.70 bits per heavy atom. The summed E-state index contributed by atoms with van der Waals surface area (Å²) in [7, 11) is 0. The van der Waals surface area contributed by atoms with Gasteiger partial charge in [-0.1, -0.05) is 30.3 Å². The lowest BCUT2D eigenvalue weighted by Gasteiger charge is -2.19. The molecule has 0 fully saturated rings. The summed E-state index contributed by atoms with van der Waals surface area (Å²) in [5.74, 6) is 0. The van der Waals surface area contributed by atoms with Crippen molar-refractivity contribution in [3.05, 3.63) is 64.2 Å². The number of nitrogens with zero attached hydrogens (tertiary/aromatic N) is 2. The number of nitro groups is 1. The van der Waals surface area contributed by atoms with E-state index in [1.54, 1.807) is 6.07 Å². The van der Waals surface area contributed by atoms with Crippen LogP contribution in [0.2, 0.25) is 0 Å². The number of hydroxylamine groups is 1. The average Bonchev–Trinajstić information content (AvgIpc) is 2.76. The maximum atomic E-state index is 10.8. The fourth-order valence-electron chi connectivity index (χ4n) is 2.33. The van der Waals surface area contributed by atoms with Gasteiger partial charge in [-0.15, -0.1) is 0 Å². The van der Waals surface area contributed by atoms with E-state index < -0.39 is 4.92 Å². The molecule has 0 saturated carbocycles. The van der Waals surface area contributed by atoms with Gasteiger partial charge in [0.15, 0.2) is 0 Å². The van der Waals surface area contributed by atoms with Crippen molar-refractivity contribution in [1.82, 2.24) is 0 Å². The molecule has 2 N–H and O–H groups in total. The van der Waals surface area contributed by atoms with E-state index >= 15 is 0 Å². The molecular formula is C14H13N3O3. The summed E-state index contributed by atoms with van der Waals surface area (Å²) < 4.78 is 0. The number of rotatable bonds is 3. The van der Waals surface area contributed by atoms with Gasteiger partial charge in [0, 0.05) is 18.6 Å². The Morgan fingerprint density at radius 1 is 1.25 bits per heavy atom. The van der Waals surface area contributed by atoms with E-state index in [-0.39, 0.29) is 11.9 Å². The monoisotopic (exact) mass is 271 g/mol. The molecule has 102 valence electrons. The molecule has 1 unspecified atom stereocenters. The zero-order chi connectivity index (χ0) is 14.1. The van der Waals surface area contributed by atoms with Crippen LogP contribution in [-0.2, 0) is 6.42 Å². The lowest BCUT2D eigenvalue weighted by atomic mass is 10.1. The molecule has 0 bridgehead atoms. The molecule has 6 nitrogen and oxygen atoms in total. The van der Waals surface area contributed by atoms with Crippen LogP contribution < -0.4 is 10.4 Å². The summed E-state index contributed by atoms with van der Waals surface area (Å²) >= 11 is 0. The number of hydrogen-bond donors (Lipinski definition) is 2. The fourth-order valence-corrected chi connectivity index (χ4v) is 2.33. The number of anilines is 2. The minimum absolute atomic E-state index is 0.0371. The third-order valence-corrected chi connectivity index (χ3v) is 3.33. The first-order valence-corrected chi connectivity index (χ1v) is 6.22. The second kappa shape index (κ2) is 4.82. The molecule has 0 radical (unpaired) electrons. The molecule has 0 saturated heterocycles. The first kappa shape index (κ1) is 12.4. The first-order valence-electron chi connectivity index (χ1n) is 6.22. The number of nitro benzene ring substituents is 1. The van der Waals surface area contributed by atoms with Gasteiger partial charge in [-0.3, -0.25) is 15.3 Å². The smallest absolute Gasteiger partial charge is 0.271 e. The van der Waals surface area contributed by atoms with Gasteiger partial charge >= 0.3 is 0 Å². The number of hydrogen-bond acceptors (Lipinski definition) is 5. The van der Waals surface area contributed by atoms with E-state index in [2.05, 4.69) is 5.32 Å². The minimum Gasteiger partial charge on any atom is -0.361 e. The van der Waals surface area contributed by atoms with Crippen LogP contribution in [0.3, 0.4) is 0 Å². The predicted octanol–water partition coefficient (Wildman–Crippen LogP) is 2.78. The van der Waals surface area contributed by atoms with Crippen molar-refractivity contribution in [2.24, 2.45) is 0 Å².